The molecular weight excluding hydrogens is 262 g/mol. The van der Waals surface area contributed by atoms with Gasteiger partial charge in [-0.2, -0.15) is 0 Å². The Kier molecular flexibility index (Phi) is 4.29. The monoisotopic (exact) mass is 279 g/mol. The summed E-state index contributed by atoms with van der Waals surface area (Å²) in [6, 6.07) is 5.50. The van der Waals surface area contributed by atoms with Gasteiger partial charge in [-0.15, -0.1) is 0 Å². The van der Waals surface area contributed by atoms with Crippen molar-refractivity contribution in [1.29, 1.82) is 0 Å². The molecule has 1 aromatic carbocycles. The highest BCUT2D eigenvalue weighted by Gasteiger charge is 2.23. The highest BCUT2D eigenvalue weighted by atomic mass is 16.5. The molecule has 0 saturated heterocycles. The maximum absolute atomic E-state index is 11.1. The van der Waals surface area contributed by atoms with Gasteiger partial charge in [0.05, 0.1) is 33.9 Å². The molecule has 0 radical (unpaired) electrons. The molecule has 2 rings (SSSR count). The quantitative estimate of drug-likeness (QED) is 0.864. The lowest BCUT2D eigenvalue weighted by atomic mass is 10.1. The standard InChI is InChI=1S/C13H17N3O4/c1-18-8-4-5-9(11(6-8)19-2)10-7-14-12(15-10)16-13(17)20-3/h4-6,10H,7H2,1-3H3,(H2,14,15,16,17). The Hall–Kier alpha value is -2.44. The molecule has 1 amide bonds. The normalized spacial score (nSPS) is 16.9. The average Bonchev–Trinajstić information content (AvgIpc) is 2.94. The van der Waals surface area contributed by atoms with E-state index < -0.39 is 6.09 Å². The van der Waals surface area contributed by atoms with Crippen molar-refractivity contribution in [2.75, 3.05) is 27.9 Å². The molecule has 0 saturated carbocycles. The molecule has 108 valence electrons. The van der Waals surface area contributed by atoms with Gasteiger partial charge in [-0.3, -0.25) is 10.3 Å². The molecule has 7 heteroatoms. The fourth-order valence-corrected chi connectivity index (χ4v) is 1.94. The Morgan fingerprint density at radius 2 is 2.15 bits per heavy atom. The van der Waals surface area contributed by atoms with Crippen molar-refractivity contribution in [3.05, 3.63) is 23.8 Å². The molecule has 0 spiro atoms. The number of amides is 1. The van der Waals surface area contributed by atoms with Crippen molar-refractivity contribution in [2.24, 2.45) is 4.99 Å². The highest BCUT2D eigenvalue weighted by Crippen LogP contribution is 2.30. The summed E-state index contributed by atoms with van der Waals surface area (Å²) in [4.78, 5) is 15.3. The fourth-order valence-electron chi connectivity index (χ4n) is 1.94. The summed E-state index contributed by atoms with van der Waals surface area (Å²) in [5.41, 5.74) is 0.943. The first-order valence-corrected chi connectivity index (χ1v) is 6.05. The van der Waals surface area contributed by atoms with Crippen LogP contribution in [0.2, 0.25) is 0 Å². The van der Waals surface area contributed by atoms with E-state index >= 15 is 0 Å². The Morgan fingerprint density at radius 3 is 2.80 bits per heavy atom. The van der Waals surface area contributed by atoms with Crippen molar-refractivity contribution in [2.45, 2.75) is 6.04 Å². The van der Waals surface area contributed by atoms with Gasteiger partial charge in [0.2, 0.25) is 5.96 Å². The summed E-state index contributed by atoms with van der Waals surface area (Å²) in [6.45, 7) is 0.502. The number of hydrogen-bond donors (Lipinski definition) is 2. The van der Waals surface area contributed by atoms with Crippen LogP contribution in [0.25, 0.3) is 0 Å². The minimum Gasteiger partial charge on any atom is -0.497 e. The van der Waals surface area contributed by atoms with Crippen LogP contribution in [0.15, 0.2) is 23.2 Å². The highest BCUT2D eigenvalue weighted by molar-refractivity contribution is 5.95. The number of guanidine groups is 1. The molecule has 1 aliphatic rings. The number of nitrogens with one attached hydrogen (secondary N) is 2. The lowest BCUT2D eigenvalue weighted by Crippen LogP contribution is -2.39. The number of carbonyl (C=O) groups excluding carboxylic acids is 1. The third kappa shape index (κ3) is 2.93. The molecule has 20 heavy (non-hydrogen) atoms. The van der Waals surface area contributed by atoms with Crippen molar-refractivity contribution in [3.8, 4) is 11.5 Å². The van der Waals surface area contributed by atoms with Crippen LogP contribution in [-0.4, -0.2) is 39.9 Å². The van der Waals surface area contributed by atoms with Gasteiger partial charge in [-0.25, -0.2) is 4.79 Å². The molecule has 1 aliphatic heterocycles. The predicted molar refractivity (Wildman–Crippen MR) is 73.3 cm³/mol. The van der Waals surface area contributed by atoms with E-state index in [9.17, 15) is 4.79 Å². The number of carbonyl (C=O) groups is 1. The summed E-state index contributed by atoms with van der Waals surface area (Å²) in [5.74, 6) is 1.81. The lowest BCUT2D eigenvalue weighted by molar-refractivity contribution is 0.176. The number of hydrogen-bond acceptors (Lipinski definition) is 6. The van der Waals surface area contributed by atoms with E-state index in [2.05, 4.69) is 20.4 Å². The average molecular weight is 279 g/mol. The molecule has 2 N–H and O–H groups in total. The van der Waals surface area contributed by atoms with Gasteiger partial charge in [-0.1, -0.05) is 0 Å². The first kappa shape index (κ1) is 14.0. The minimum absolute atomic E-state index is 0.0667. The van der Waals surface area contributed by atoms with Gasteiger partial charge in [0.25, 0.3) is 0 Å². The summed E-state index contributed by atoms with van der Waals surface area (Å²) < 4.78 is 15.0. The van der Waals surface area contributed by atoms with Gasteiger partial charge in [0, 0.05) is 11.6 Å². The van der Waals surface area contributed by atoms with Crippen molar-refractivity contribution >= 4 is 12.1 Å². The number of rotatable bonds is 3. The first-order valence-electron chi connectivity index (χ1n) is 6.05. The van der Waals surface area contributed by atoms with E-state index in [1.807, 2.05) is 18.2 Å². The Labute approximate surface area is 116 Å². The third-order valence-electron chi connectivity index (χ3n) is 2.96. The molecule has 0 aliphatic carbocycles. The number of nitrogens with zero attached hydrogens (tertiary/aromatic N) is 1. The van der Waals surface area contributed by atoms with Gasteiger partial charge in [0.1, 0.15) is 11.5 Å². The Balaban J connectivity index is 2.09. The Morgan fingerprint density at radius 1 is 1.35 bits per heavy atom. The second-order valence-electron chi connectivity index (χ2n) is 4.11. The van der Waals surface area contributed by atoms with Gasteiger partial charge < -0.3 is 19.5 Å². The Bertz CT molecular complexity index is 530. The predicted octanol–water partition coefficient (Wildman–Crippen LogP) is 1.06. The van der Waals surface area contributed by atoms with Gasteiger partial charge in [0.15, 0.2) is 0 Å². The smallest absolute Gasteiger partial charge is 0.413 e. The zero-order valence-corrected chi connectivity index (χ0v) is 11.6. The number of alkyl carbamates (subject to hydrolysis) is 1. The van der Waals surface area contributed by atoms with Gasteiger partial charge in [-0.05, 0) is 12.1 Å². The summed E-state index contributed by atoms with van der Waals surface area (Å²) in [5, 5.41) is 5.60. The van der Waals surface area contributed by atoms with Crippen LogP contribution in [0.1, 0.15) is 11.6 Å². The molecule has 1 heterocycles. The van der Waals surface area contributed by atoms with Crippen molar-refractivity contribution in [3.63, 3.8) is 0 Å². The molecule has 0 aromatic heterocycles. The topological polar surface area (TPSA) is 81.2 Å². The van der Waals surface area contributed by atoms with Crippen LogP contribution >= 0.6 is 0 Å². The van der Waals surface area contributed by atoms with Crippen LogP contribution in [0, 0.1) is 0 Å². The van der Waals surface area contributed by atoms with E-state index in [-0.39, 0.29) is 6.04 Å². The molecule has 0 bridgehead atoms. The first-order chi connectivity index (χ1) is 9.67. The van der Waals surface area contributed by atoms with Crippen LogP contribution in [0.4, 0.5) is 4.79 Å². The maximum atomic E-state index is 11.1. The number of ether oxygens (including phenoxy) is 3. The summed E-state index contributed by atoms with van der Waals surface area (Å²) in [6.07, 6.45) is -0.557. The third-order valence-corrected chi connectivity index (χ3v) is 2.96. The second kappa shape index (κ2) is 6.14. The van der Waals surface area contributed by atoms with Crippen LogP contribution in [0.3, 0.4) is 0 Å². The van der Waals surface area contributed by atoms with Crippen LogP contribution < -0.4 is 20.1 Å². The van der Waals surface area contributed by atoms with Crippen molar-refractivity contribution in [1.82, 2.24) is 10.6 Å². The van der Waals surface area contributed by atoms with Crippen LogP contribution in [-0.2, 0) is 4.74 Å². The molecular formula is C13H17N3O4. The minimum atomic E-state index is -0.557. The van der Waals surface area contributed by atoms with E-state index in [1.165, 1.54) is 7.11 Å². The van der Waals surface area contributed by atoms with Crippen molar-refractivity contribution < 1.29 is 19.0 Å². The lowest BCUT2D eigenvalue weighted by Gasteiger charge is -2.16. The molecule has 1 atom stereocenters. The molecule has 7 nitrogen and oxygen atoms in total. The van der Waals surface area contributed by atoms with E-state index in [0.29, 0.717) is 18.3 Å². The van der Waals surface area contributed by atoms with Crippen LogP contribution in [0.5, 0.6) is 11.5 Å². The zero-order chi connectivity index (χ0) is 14.5. The largest absolute Gasteiger partial charge is 0.497 e. The number of methoxy groups -OCH3 is 3. The SMILES string of the molecule is COC(=O)NC1=NCC(c2ccc(OC)cc2OC)N1. The zero-order valence-electron chi connectivity index (χ0n) is 11.6. The summed E-state index contributed by atoms with van der Waals surface area (Å²) in [7, 11) is 4.50. The van der Waals surface area contributed by atoms with E-state index in [0.717, 1.165) is 11.3 Å². The second-order valence-corrected chi connectivity index (χ2v) is 4.11. The number of benzene rings is 1. The fraction of sp³-hybridized carbons (Fsp3) is 0.385. The number of aliphatic imine (C=N–C) groups is 1. The van der Waals surface area contributed by atoms with E-state index in [4.69, 9.17) is 9.47 Å². The van der Waals surface area contributed by atoms with Gasteiger partial charge >= 0.3 is 6.09 Å². The van der Waals surface area contributed by atoms with E-state index in [1.54, 1.807) is 14.2 Å². The molecule has 1 aromatic rings. The molecule has 1 unspecified atom stereocenters. The summed E-state index contributed by atoms with van der Waals surface area (Å²) >= 11 is 0. The maximum Gasteiger partial charge on any atom is 0.413 e. The molecule has 0 fully saturated rings.